The van der Waals surface area contributed by atoms with Crippen LogP contribution in [0.15, 0.2) is 52.8 Å². The molecule has 0 spiro atoms. The molecule has 2 heterocycles. The van der Waals surface area contributed by atoms with Crippen molar-refractivity contribution in [2.75, 3.05) is 24.8 Å². The number of fused-ring (bicyclic) bond motifs is 1. The van der Waals surface area contributed by atoms with E-state index in [0.29, 0.717) is 23.1 Å². The van der Waals surface area contributed by atoms with E-state index >= 15 is 0 Å². The van der Waals surface area contributed by atoms with Crippen LogP contribution in [0.25, 0.3) is 10.9 Å². The number of ether oxygens (including phenoxy) is 1. The van der Waals surface area contributed by atoms with Crippen molar-refractivity contribution in [3.63, 3.8) is 0 Å². The van der Waals surface area contributed by atoms with Crippen molar-refractivity contribution in [1.82, 2.24) is 15.0 Å². The third-order valence-corrected chi connectivity index (χ3v) is 4.52. The number of anilines is 2. The average Bonchev–Trinajstić information content (AvgIpc) is 2.59. The Morgan fingerprint density at radius 2 is 2.04 bits per heavy atom. The maximum atomic E-state index is 6.25. The van der Waals surface area contributed by atoms with Crippen LogP contribution in [0.5, 0.6) is 0 Å². The lowest BCUT2D eigenvalue weighted by Gasteiger charge is -2.16. The first-order valence-corrected chi connectivity index (χ1v) is 8.38. The first-order chi connectivity index (χ1) is 11.7. The minimum Gasteiger partial charge on any atom is -0.394 e. The van der Waals surface area contributed by atoms with Crippen LogP contribution < -0.4 is 11.1 Å². The van der Waals surface area contributed by atoms with E-state index in [1.165, 1.54) is 18.1 Å². The fourth-order valence-electron chi connectivity index (χ4n) is 2.36. The summed E-state index contributed by atoms with van der Waals surface area (Å²) < 4.78 is 5.13. The van der Waals surface area contributed by atoms with E-state index in [2.05, 4.69) is 20.3 Å². The summed E-state index contributed by atoms with van der Waals surface area (Å²) in [7, 11) is 1.66. The fourth-order valence-corrected chi connectivity index (χ4v) is 3.29. The zero-order valence-electron chi connectivity index (χ0n) is 13.6. The van der Waals surface area contributed by atoms with Crippen molar-refractivity contribution in [2.24, 2.45) is 0 Å². The molecular formula is C17H19N5OS. The van der Waals surface area contributed by atoms with Gasteiger partial charge in [-0.3, -0.25) is 4.98 Å². The second-order valence-corrected chi connectivity index (χ2v) is 6.41. The quantitative estimate of drug-likeness (QED) is 0.666. The van der Waals surface area contributed by atoms with E-state index in [1.54, 1.807) is 13.3 Å². The van der Waals surface area contributed by atoms with Crippen LogP contribution in [0.2, 0.25) is 0 Å². The number of pyridine rings is 1. The summed E-state index contributed by atoms with van der Waals surface area (Å²) in [5.41, 5.74) is 7.71. The van der Waals surface area contributed by atoms with E-state index in [9.17, 15) is 0 Å². The molecule has 0 saturated carbocycles. The van der Waals surface area contributed by atoms with Gasteiger partial charge in [0, 0.05) is 29.6 Å². The zero-order chi connectivity index (χ0) is 16.9. The van der Waals surface area contributed by atoms with Crippen molar-refractivity contribution in [2.45, 2.75) is 22.9 Å². The Balaban J connectivity index is 1.90. The SMILES string of the molecule is COCC(C)Nc1ncnc(Sc2cccc3cccnc23)c1N. The Morgan fingerprint density at radius 3 is 2.88 bits per heavy atom. The molecule has 0 amide bonds. The summed E-state index contributed by atoms with van der Waals surface area (Å²) in [6, 6.07) is 10.1. The molecule has 1 atom stereocenters. The van der Waals surface area contributed by atoms with Gasteiger partial charge < -0.3 is 15.8 Å². The molecule has 0 saturated heterocycles. The third kappa shape index (κ3) is 3.58. The van der Waals surface area contributed by atoms with Gasteiger partial charge >= 0.3 is 0 Å². The minimum absolute atomic E-state index is 0.101. The summed E-state index contributed by atoms with van der Waals surface area (Å²) in [6.45, 7) is 2.58. The normalized spacial score (nSPS) is 12.2. The lowest BCUT2D eigenvalue weighted by atomic mass is 10.2. The molecule has 124 valence electrons. The molecule has 0 aliphatic rings. The van der Waals surface area contributed by atoms with Gasteiger partial charge in [0.05, 0.1) is 12.1 Å². The zero-order valence-corrected chi connectivity index (χ0v) is 14.4. The second-order valence-electron chi connectivity index (χ2n) is 5.38. The number of para-hydroxylation sites is 1. The van der Waals surface area contributed by atoms with Crippen LogP contribution in [0.4, 0.5) is 11.5 Å². The van der Waals surface area contributed by atoms with Gasteiger partial charge in [-0.2, -0.15) is 0 Å². The van der Waals surface area contributed by atoms with E-state index in [0.717, 1.165) is 15.8 Å². The molecule has 1 aromatic carbocycles. The maximum absolute atomic E-state index is 6.25. The monoisotopic (exact) mass is 341 g/mol. The number of nitrogen functional groups attached to an aromatic ring is 1. The van der Waals surface area contributed by atoms with Gasteiger partial charge in [-0.1, -0.05) is 30.0 Å². The average molecular weight is 341 g/mol. The number of nitrogens with one attached hydrogen (secondary N) is 1. The molecule has 3 N–H and O–H groups in total. The highest BCUT2D eigenvalue weighted by Crippen LogP contribution is 2.36. The lowest BCUT2D eigenvalue weighted by Crippen LogP contribution is -2.22. The number of nitrogens with two attached hydrogens (primary N) is 1. The smallest absolute Gasteiger partial charge is 0.154 e. The second kappa shape index (κ2) is 7.46. The molecule has 2 aromatic heterocycles. The molecule has 3 aromatic rings. The Labute approximate surface area is 144 Å². The largest absolute Gasteiger partial charge is 0.394 e. The number of rotatable bonds is 6. The molecular weight excluding hydrogens is 322 g/mol. The Morgan fingerprint density at radius 1 is 1.21 bits per heavy atom. The summed E-state index contributed by atoms with van der Waals surface area (Å²) in [4.78, 5) is 14.0. The molecule has 0 aliphatic heterocycles. The summed E-state index contributed by atoms with van der Waals surface area (Å²) in [5.74, 6) is 0.616. The van der Waals surface area contributed by atoms with Crippen LogP contribution in [-0.4, -0.2) is 34.7 Å². The molecule has 3 rings (SSSR count). The lowest BCUT2D eigenvalue weighted by molar-refractivity contribution is 0.190. The number of nitrogens with zero attached hydrogens (tertiary/aromatic N) is 3. The molecule has 0 fully saturated rings. The van der Waals surface area contributed by atoms with Crippen molar-refractivity contribution in [3.05, 3.63) is 42.9 Å². The Bertz CT molecular complexity index is 837. The minimum atomic E-state index is 0.101. The predicted octanol–water partition coefficient (Wildman–Crippen LogP) is 3.21. The van der Waals surface area contributed by atoms with E-state index < -0.39 is 0 Å². The molecule has 24 heavy (non-hydrogen) atoms. The molecule has 0 radical (unpaired) electrons. The molecule has 7 heteroatoms. The van der Waals surface area contributed by atoms with E-state index in [-0.39, 0.29) is 6.04 Å². The van der Waals surface area contributed by atoms with E-state index in [4.69, 9.17) is 10.5 Å². The summed E-state index contributed by atoms with van der Waals surface area (Å²) in [5, 5.41) is 5.03. The number of benzene rings is 1. The van der Waals surface area contributed by atoms with Crippen LogP contribution in [0.1, 0.15) is 6.92 Å². The van der Waals surface area contributed by atoms with Crippen molar-refractivity contribution < 1.29 is 4.74 Å². The first kappa shape index (κ1) is 16.5. The van der Waals surface area contributed by atoms with Crippen molar-refractivity contribution >= 4 is 34.2 Å². The van der Waals surface area contributed by atoms with Gasteiger partial charge in [0.1, 0.15) is 17.0 Å². The van der Waals surface area contributed by atoms with Gasteiger partial charge in [-0.15, -0.1) is 0 Å². The predicted molar refractivity (Wildman–Crippen MR) is 97.3 cm³/mol. The highest BCUT2D eigenvalue weighted by molar-refractivity contribution is 7.99. The number of hydrogen-bond donors (Lipinski definition) is 2. The summed E-state index contributed by atoms with van der Waals surface area (Å²) in [6.07, 6.45) is 3.30. The van der Waals surface area contributed by atoms with Gasteiger partial charge in [-0.25, -0.2) is 9.97 Å². The number of hydrogen-bond acceptors (Lipinski definition) is 7. The Hall–Kier alpha value is -2.38. The van der Waals surface area contributed by atoms with Gasteiger partial charge in [0.25, 0.3) is 0 Å². The topological polar surface area (TPSA) is 86.0 Å². The maximum Gasteiger partial charge on any atom is 0.154 e. The van der Waals surface area contributed by atoms with Gasteiger partial charge in [-0.05, 0) is 19.1 Å². The number of aromatic nitrogens is 3. The van der Waals surface area contributed by atoms with Crippen molar-refractivity contribution in [1.29, 1.82) is 0 Å². The van der Waals surface area contributed by atoms with Crippen LogP contribution in [0, 0.1) is 0 Å². The molecule has 6 nitrogen and oxygen atoms in total. The highest BCUT2D eigenvalue weighted by atomic mass is 32.2. The standard InChI is InChI=1S/C17H19N5OS/c1-11(9-23-2)22-16-14(18)17(21-10-20-16)24-13-7-3-5-12-6-4-8-19-15(12)13/h3-8,10-11H,9,18H2,1-2H3,(H,20,21,22). The highest BCUT2D eigenvalue weighted by Gasteiger charge is 2.13. The summed E-state index contributed by atoms with van der Waals surface area (Å²) >= 11 is 1.49. The van der Waals surface area contributed by atoms with Crippen LogP contribution in [0.3, 0.4) is 0 Å². The van der Waals surface area contributed by atoms with Crippen LogP contribution >= 0.6 is 11.8 Å². The number of methoxy groups -OCH3 is 1. The van der Waals surface area contributed by atoms with Gasteiger partial charge in [0.15, 0.2) is 5.82 Å². The molecule has 0 aliphatic carbocycles. The van der Waals surface area contributed by atoms with Crippen molar-refractivity contribution in [3.8, 4) is 0 Å². The fraction of sp³-hybridized carbons (Fsp3) is 0.235. The van der Waals surface area contributed by atoms with E-state index in [1.807, 2.05) is 37.3 Å². The van der Waals surface area contributed by atoms with Crippen LogP contribution in [-0.2, 0) is 4.74 Å². The first-order valence-electron chi connectivity index (χ1n) is 7.56. The Kier molecular flexibility index (Phi) is 5.12. The molecule has 1 unspecified atom stereocenters. The van der Waals surface area contributed by atoms with Gasteiger partial charge in [0.2, 0.25) is 0 Å². The molecule has 0 bridgehead atoms. The third-order valence-electron chi connectivity index (χ3n) is 3.45.